The smallest absolute Gasteiger partial charge is 0.275 e. The van der Waals surface area contributed by atoms with Crippen molar-refractivity contribution in [2.75, 3.05) is 5.32 Å². The topological polar surface area (TPSA) is 76.9 Å². The van der Waals surface area contributed by atoms with Crippen LogP contribution in [0.5, 0.6) is 0 Å². The molecule has 0 saturated heterocycles. The van der Waals surface area contributed by atoms with Crippen molar-refractivity contribution in [1.29, 1.82) is 0 Å². The molecule has 1 amide bonds. The highest BCUT2D eigenvalue weighted by Crippen LogP contribution is 2.14. The van der Waals surface area contributed by atoms with Gasteiger partial charge in [-0.1, -0.05) is 29.8 Å². The lowest BCUT2D eigenvalue weighted by atomic mass is 10.1. The first-order valence-electron chi connectivity index (χ1n) is 7.56. The number of aromatic nitrogens is 3. The van der Waals surface area contributed by atoms with Crippen molar-refractivity contribution in [3.8, 4) is 0 Å². The lowest BCUT2D eigenvalue weighted by Crippen LogP contribution is -2.22. The van der Waals surface area contributed by atoms with Gasteiger partial charge in [0, 0.05) is 24.3 Å². The Labute approximate surface area is 149 Å². The third kappa shape index (κ3) is 4.30. The fourth-order valence-corrected chi connectivity index (χ4v) is 2.51. The Morgan fingerprint density at radius 3 is 2.68 bits per heavy atom. The molecule has 0 unspecified atom stereocenters. The number of halogens is 1. The third-order valence-corrected chi connectivity index (χ3v) is 3.79. The van der Waals surface area contributed by atoms with Crippen LogP contribution in [-0.4, -0.2) is 20.7 Å². The van der Waals surface area contributed by atoms with E-state index in [9.17, 15) is 9.59 Å². The molecule has 3 aromatic rings. The second kappa shape index (κ2) is 7.27. The number of rotatable bonds is 4. The monoisotopic (exact) mass is 354 g/mol. The van der Waals surface area contributed by atoms with Crippen LogP contribution in [0.15, 0.2) is 59.5 Å². The molecule has 2 aromatic heterocycles. The van der Waals surface area contributed by atoms with Crippen LogP contribution in [0.2, 0.25) is 5.02 Å². The van der Waals surface area contributed by atoms with Crippen LogP contribution in [0.1, 0.15) is 21.6 Å². The van der Waals surface area contributed by atoms with Gasteiger partial charge in [0.1, 0.15) is 5.69 Å². The van der Waals surface area contributed by atoms with Gasteiger partial charge < -0.3 is 5.32 Å². The molecule has 25 heavy (non-hydrogen) atoms. The SMILES string of the molecule is Cn1nc(NC(=O)c2ccc(Cc3cccc(Cl)c3)cn2)ccc1=O. The molecule has 0 spiro atoms. The normalized spacial score (nSPS) is 10.5. The van der Waals surface area contributed by atoms with Crippen LogP contribution in [-0.2, 0) is 13.5 Å². The van der Waals surface area contributed by atoms with Gasteiger partial charge in [-0.05, 0) is 41.8 Å². The zero-order valence-corrected chi connectivity index (χ0v) is 14.2. The maximum Gasteiger partial charge on any atom is 0.275 e. The van der Waals surface area contributed by atoms with E-state index in [0.29, 0.717) is 11.4 Å². The number of carbonyl (C=O) groups is 1. The Balaban J connectivity index is 1.69. The molecule has 1 aromatic carbocycles. The maximum absolute atomic E-state index is 12.2. The lowest BCUT2D eigenvalue weighted by Gasteiger charge is -2.06. The van der Waals surface area contributed by atoms with E-state index < -0.39 is 0 Å². The van der Waals surface area contributed by atoms with Crippen molar-refractivity contribution in [2.45, 2.75) is 6.42 Å². The standard InChI is InChI=1S/C18H15ClN4O2/c1-23-17(24)8-7-16(22-23)21-18(25)15-6-5-13(11-20-15)9-12-3-2-4-14(19)10-12/h2-8,10-11H,9H2,1H3,(H,21,22,25). The average molecular weight is 355 g/mol. The van der Waals surface area contributed by atoms with Crippen molar-refractivity contribution in [3.63, 3.8) is 0 Å². The summed E-state index contributed by atoms with van der Waals surface area (Å²) in [7, 11) is 1.51. The summed E-state index contributed by atoms with van der Waals surface area (Å²) in [5, 5.41) is 7.25. The predicted octanol–water partition coefficient (Wildman–Crippen LogP) is 2.67. The second-order valence-electron chi connectivity index (χ2n) is 5.49. The summed E-state index contributed by atoms with van der Waals surface area (Å²) in [5.41, 5.74) is 2.06. The van der Waals surface area contributed by atoms with Gasteiger partial charge >= 0.3 is 0 Å². The minimum atomic E-state index is -0.388. The Morgan fingerprint density at radius 1 is 1.16 bits per heavy atom. The maximum atomic E-state index is 12.2. The fourth-order valence-electron chi connectivity index (χ4n) is 2.30. The largest absolute Gasteiger partial charge is 0.304 e. The van der Waals surface area contributed by atoms with E-state index in [2.05, 4.69) is 15.4 Å². The first-order valence-corrected chi connectivity index (χ1v) is 7.94. The molecular weight excluding hydrogens is 340 g/mol. The number of hydrogen-bond donors (Lipinski definition) is 1. The molecule has 0 fully saturated rings. The molecule has 0 atom stereocenters. The van der Waals surface area contributed by atoms with Gasteiger partial charge in [0.05, 0.1) is 0 Å². The van der Waals surface area contributed by atoms with Gasteiger partial charge in [0.25, 0.3) is 11.5 Å². The molecule has 0 bridgehead atoms. The number of hydrogen-bond acceptors (Lipinski definition) is 4. The second-order valence-corrected chi connectivity index (χ2v) is 5.93. The van der Waals surface area contributed by atoms with E-state index in [-0.39, 0.29) is 23.0 Å². The average Bonchev–Trinajstić information content (AvgIpc) is 2.59. The van der Waals surface area contributed by atoms with Crippen molar-refractivity contribution >= 4 is 23.3 Å². The Bertz CT molecular complexity index is 967. The summed E-state index contributed by atoms with van der Waals surface area (Å²) >= 11 is 5.98. The first kappa shape index (κ1) is 16.9. The zero-order valence-electron chi connectivity index (χ0n) is 13.4. The highest BCUT2D eigenvalue weighted by atomic mass is 35.5. The minimum Gasteiger partial charge on any atom is -0.304 e. The van der Waals surface area contributed by atoms with Gasteiger partial charge in [0.2, 0.25) is 0 Å². The van der Waals surface area contributed by atoms with Crippen LogP contribution in [0.25, 0.3) is 0 Å². The van der Waals surface area contributed by atoms with Gasteiger partial charge in [-0.25, -0.2) is 4.68 Å². The van der Waals surface area contributed by atoms with Crippen LogP contribution in [0.4, 0.5) is 5.82 Å². The number of anilines is 1. The summed E-state index contributed by atoms with van der Waals surface area (Å²) in [6.07, 6.45) is 2.34. The van der Waals surface area contributed by atoms with Crippen LogP contribution < -0.4 is 10.9 Å². The molecular formula is C18H15ClN4O2. The Morgan fingerprint density at radius 2 is 2.00 bits per heavy atom. The van der Waals surface area contributed by atoms with E-state index in [1.54, 1.807) is 12.3 Å². The summed E-state index contributed by atoms with van der Waals surface area (Å²) in [6.45, 7) is 0. The van der Waals surface area contributed by atoms with Crippen LogP contribution in [0, 0.1) is 0 Å². The van der Waals surface area contributed by atoms with E-state index in [1.807, 2.05) is 30.3 Å². The summed E-state index contributed by atoms with van der Waals surface area (Å²) in [6, 6.07) is 13.9. The summed E-state index contributed by atoms with van der Waals surface area (Å²) < 4.78 is 1.15. The quantitative estimate of drug-likeness (QED) is 0.781. The number of nitrogens with one attached hydrogen (secondary N) is 1. The zero-order chi connectivity index (χ0) is 17.8. The molecule has 7 heteroatoms. The summed E-state index contributed by atoms with van der Waals surface area (Å²) in [4.78, 5) is 27.7. The molecule has 0 aliphatic rings. The molecule has 2 heterocycles. The molecule has 126 valence electrons. The molecule has 0 radical (unpaired) electrons. The Kier molecular flexibility index (Phi) is 4.90. The highest BCUT2D eigenvalue weighted by Gasteiger charge is 2.09. The fraction of sp³-hybridized carbons (Fsp3) is 0.111. The van der Waals surface area contributed by atoms with Crippen molar-refractivity contribution in [3.05, 3.63) is 86.9 Å². The molecule has 6 nitrogen and oxygen atoms in total. The molecule has 1 N–H and O–H groups in total. The number of benzene rings is 1. The molecule has 0 aliphatic carbocycles. The first-order chi connectivity index (χ1) is 12.0. The lowest BCUT2D eigenvalue weighted by molar-refractivity contribution is 0.102. The van der Waals surface area contributed by atoms with Crippen molar-refractivity contribution < 1.29 is 4.79 Å². The van der Waals surface area contributed by atoms with Gasteiger partial charge in [-0.15, -0.1) is 0 Å². The molecule has 3 rings (SSSR count). The predicted molar refractivity (Wildman–Crippen MR) is 95.9 cm³/mol. The number of amides is 1. The summed E-state index contributed by atoms with van der Waals surface area (Å²) in [5.74, 6) is -0.0997. The molecule has 0 aliphatic heterocycles. The van der Waals surface area contributed by atoms with Gasteiger partial charge in [-0.3, -0.25) is 14.6 Å². The molecule has 0 saturated carbocycles. The highest BCUT2D eigenvalue weighted by molar-refractivity contribution is 6.30. The van der Waals surface area contributed by atoms with Crippen LogP contribution in [0.3, 0.4) is 0 Å². The van der Waals surface area contributed by atoms with Gasteiger partial charge in [-0.2, -0.15) is 5.10 Å². The number of pyridine rings is 1. The van der Waals surface area contributed by atoms with E-state index >= 15 is 0 Å². The van der Waals surface area contributed by atoms with E-state index in [0.717, 1.165) is 15.8 Å². The van der Waals surface area contributed by atoms with Crippen molar-refractivity contribution in [2.24, 2.45) is 7.05 Å². The van der Waals surface area contributed by atoms with E-state index in [1.165, 1.54) is 19.2 Å². The number of aryl methyl sites for hydroxylation is 1. The number of carbonyl (C=O) groups excluding carboxylic acids is 1. The van der Waals surface area contributed by atoms with Crippen molar-refractivity contribution in [1.82, 2.24) is 14.8 Å². The van der Waals surface area contributed by atoms with E-state index in [4.69, 9.17) is 11.6 Å². The number of nitrogens with zero attached hydrogens (tertiary/aromatic N) is 3. The minimum absolute atomic E-state index is 0.249. The van der Waals surface area contributed by atoms with Gasteiger partial charge in [0.15, 0.2) is 5.82 Å². The Hall–Kier alpha value is -2.99. The van der Waals surface area contributed by atoms with Crippen LogP contribution >= 0.6 is 11.6 Å². The third-order valence-electron chi connectivity index (χ3n) is 3.56.